The highest BCUT2D eigenvalue weighted by Crippen LogP contribution is 2.36. The average molecular weight is 192 g/mol. The van der Waals surface area contributed by atoms with Crippen molar-refractivity contribution in [2.75, 3.05) is 0 Å². The number of piperidine rings is 1. The largest absolute Gasteiger partial charge is 0.311 e. The number of nitrogens with zero attached hydrogens (tertiary/aromatic N) is 3. The Hall–Kier alpha value is -0.900. The van der Waals surface area contributed by atoms with Crippen LogP contribution in [0.3, 0.4) is 0 Å². The topological polar surface area (TPSA) is 42.7 Å². The summed E-state index contributed by atoms with van der Waals surface area (Å²) >= 11 is 0. The average Bonchev–Trinajstić information content (AvgIpc) is 2.73. The summed E-state index contributed by atoms with van der Waals surface area (Å²) in [7, 11) is 1.99. The Labute approximate surface area is 83.7 Å². The minimum absolute atomic E-state index is 0.675. The van der Waals surface area contributed by atoms with Crippen molar-refractivity contribution in [1.29, 1.82) is 0 Å². The normalized spacial score (nSPS) is 36.2. The van der Waals surface area contributed by atoms with Gasteiger partial charge in [0.2, 0.25) is 0 Å². The Kier molecular flexibility index (Phi) is 1.83. The van der Waals surface area contributed by atoms with E-state index in [9.17, 15) is 0 Å². The van der Waals surface area contributed by atoms with Gasteiger partial charge in [0.15, 0.2) is 0 Å². The van der Waals surface area contributed by atoms with Gasteiger partial charge in [0.05, 0.1) is 11.9 Å². The van der Waals surface area contributed by atoms with Crippen LogP contribution >= 0.6 is 0 Å². The van der Waals surface area contributed by atoms with E-state index in [1.807, 2.05) is 17.9 Å². The summed E-state index contributed by atoms with van der Waals surface area (Å²) in [6.07, 6.45) is 7.16. The number of aryl methyl sites for hydroxylation is 1. The maximum atomic E-state index is 4.01. The second kappa shape index (κ2) is 3.05. The van der Waals surface area contributed by atoms with Crippen LogP contribution in [0.15, 0.2) is 6.20 Å². The Morgan fingerprint density at radius 3 is 2.64 bits per heavy atom. The summed E-state index contributed by atoms with van der Waals surface area (Å²) in [4.78, 5) is 0. The van der Waals surface area contributed by atoms with Gasteiger partial charge < -0.3 is 5.32 Å². The second-order valence-corrected chi connectivity index (χ2v) is 4.59. The Bertz CT molecular complexity index is 321. The molecule has 4 heteroatoms. The molecule has 2 bridgehead atoms. The third-order valence-corrected chi connectivity index (χ3v) is 3.64. The number of aromatic nitrogens is 3. The van der Waals surface area contributed by atoms with Crippen LogP contribution in [0.25, 0.3) is 0 Å². The van der Waals surface area contributed by atoms with E-state index in [1.165, 1.54) is 31.4 Å². The van der Waals surface area contributed by atoms with Crippen LogP contribution in [0.4, 0.5) is 0 Å². The minimum atomic E-state index is 0.675. The van der Waals surface area contributed by atoms with Gasteiger partial charge in [0, 0.05) is 25.0 Å². The summed E-state index contributed by atoms with van der Waals surface area (Å²) in [5.74, 6) is 0.675. The fourth-order valence-electron chi connectivity index (χ4n) is 2.97. The molecule has 76 valence electrons. The van der Waals surface area contributed by atoms with Crippen molar-refractivity contribution in [2.45, 2.75) is 43.7 Å². The molecule has 4 nitrogen and oxygen atoms in total. The molecule has 3 rings (SSSR count). The number of hydrogen-bond donors (Lipinski definition) is 1. The van der Waals surface area contributed by atoms with E-state index >= 15 is 0 Å². The number of fused-ring (bicyclic) bond motifs is 2. The third kappa shape index (κ3) is 1.25. The quantitative estimate of drug-likeness (QED) is 0.716. The van der Waals surface area contributed by atoms with Gasteiger partial charge in [-0.3, -0.25) is 4.68 Å². The predicted octanol–water partition coefficient (Wildman–Crippen LogP) is 0.813. The first-order chi connectivity index (χ1) is 6.83. The molecule has 1 N–H and O–H groups in total. The van der Waals surface area contributed by atoms with E-state index in [-0.39, 0.29) is 0 Å². The van der Waals surface area contributed by atoms with Gasteiger partial charge in [-0.15, -0.1) is 5.10 Å². The van der Waals surface area contributed by atoms with E-state index in [2.05, 4.69) is 15.6 Å². The number of nitrogens with one attached hydrogen (secondary N) is 1. The van der Waals surface area contributed by atoms with Gasteiger partial charge in [0.25, 0.3) is 0 Å². The van der Waals surface area contributed by atoms with Crippen molar-refractivity contribution in [2.24, 2.45) is 7.05 Å². The summed E-state index contributed by atoms with van der Waals surface area (Å²) in [5, 5.41) is 11.6. The molecule has 2 saturated heterocycles. The highest BCUT2D eigenvalue weighted by atomic mass is 15.4. The molecule has 14 heavy (non-hydrogen) atoms. The van der Waals surface area contributed by atoms with Gasteiger partial charge in [-0.2, -0.15) is 0 Å². The molecule has 0 radical (unpaired) electrons. The maximum Gasteiger partial charge on any atom is 0.0727 e. The fourth-order valence-corrected chi connectivity index (χ4v) is 2.97. The molecule has 0 aromatic carbocycles. The van der Waals surface area contributed by atoms with Crippen molar-refractivity contribution < 1.29 is 0 Å². The standard InChI is InChI=1S/C10H16N4/c1-14-10(6-11-13-14)7-4-8-2-3-9(5-7)12-8/h6-9,12H,2-5H2,1H3. The number of hydrogen-bond acceptors (Lipinski definition) is 3. The number of rotatable bonds is 1. The SMILES string of the molecule is Cn1nncc1C1CC2CCC(C1)N2. The van der Waals surface area contributed by atoms with E-state index in [1.54, 1.807) is 0 Å². The van der Waals surface area contributed by atoms with E-state index in [4.69, 9.17) is 0 Å². The van der Waals surface area contributed by atoms with E-state index < -0.39 is 0 Å². The highest BCUT2D eigenvalue weighted by molar-refractivity contribution is 5.09. The molecule has 0 amide bonds. The first-order valence-corrected chi connectivity index (χ1v) is 5.43. The van der Waals surface area contributed by atoms with Crippen molar-refractivity contribution in [1.82, 2.24) is 20.3 Å². The van der Waals surface area contributed by atoms with Crippen LogP contribution in [-0.4, -0.2) is 27.1 Å². The van der Waals surface area contributed by atoms with Crippen molar-refractivity contribution in [3.8, 4) is 0 Å². The maximum absolute atomic E-state index is 4.01. The minimum Gasteiger partial charge on any atom is -0.311 e. The fraction of sp³-hybridized carbons (Fsp3) is 0.800. The molecule has 2 aliphatic heterocycles. The molecular weight excluding hydrogens is 176 g/mol. The lowest BCUT2D eigenvalue weighted by Gasteiger charge is -2.28. The lowest BCUT2D eigenvalue weighted by molar-refractivity contribution is 0.352. The molecule has 2 aliphatic rings. The zero-order chi connectivity index (χ0) is 9.54. The van der Waals surface area contributed by atoms with Crippen molar-refractivity contribution in [3.05, 3.63) is 11.9 Å². The summed E-state index contributed by atoms with van der Waals surface area (Å²) in [6, 6.07) is 1.49. The monoisotopic (exact) mass is 192 g/mol. The molecule has 3 heterocycles. The smallest absolute Gasteiger partial charge is 0.0727 e. The zero-order valence-corrected chi connectivity index (χ0v) is 8.48. The van der Waals surface area contributed by atoms with Gasteiger partial charge >= 0.3 is 0 Å². The summed E-state index contributed by atoms with van der Waals surface area (Å²) in [6.45, 7) is 0. The van der Waals surface area contributed by atoms with Crippen LogP contribution in [0.5, 0.6) is 0 Å². The van der Waals surface area contributed by atoms with Crippen molar-refractivity contribution >= 4 is 0 Å². The first kappa shape index (κ1) is 8.41. The van der Waals surface area contributed by atoms with Gasteiger partial charge in [-0.1, -0.05) is 5.21 Å². The lowest BCUT2D eigenvalue weighted by Crippen LogP contribution is -2.37. The van der Waals surface area contributed by atoms with Gasteiger partial charge in [0.1, 0.15) is 0 Å². The predicted molar refractivity (Wildman–Crippen MR) is 52.9 cm³/mol. The molecule has 1 aromatic rings. The van der Waals surface area contributed by atoms with Crippen LogP contribution < -0.4 is 5.32 Å². The van der Waals surface area contributed by atoms with Gasteiger partial charge in [-0.05, 0) is 25.7 Å². The Morgan fingerprint density at radius 1 is 1.36 bits per heavy atom. The Balaban J connectivity index is 1.84. The second-order valence-electron chi connectivity index (χ2n) is 4.59. The van der Waals surface area contributed by atoms with E-state index in [0.717, 1.165) is 12.1 Å². The Morgan fingerprint density at radius 2 is 2.07 bits per heavy atom. The summed E-state index contributed by atoms with van der Waals surface area (Å²) in [5.41, 5.74) is 1.31. The molecule has 2 unspecified atom stereocenters. The first-order valence-electron chi connectivity index (χ1n) is 5.43. The van der Waals surface area contributed by atoms with Crippen LogP contribution in [-0.2, 0) is 7.05 Å². The molecule has 1 aromatic heterocycles. The van der Waals surface area contributed by atoms with Gasteiger partial charge in [-0.25, -0.2) is 0 Å². The molecular formula is C10H16N4. The summed E-state index contributed by atoms with van der Waals surface area (Å²) < 4.78 is 1.93. The van der Waals surface area contributed by atoms with Crippen LogP contribution in [0.2, 0.25) is 0 Å². The molecule has 0 saturated carbocycles. The lowest BCUT2D eigenvalue weighted by atomic mass is 9.90. The van der Waals surface area contributed by atoms with Crippen molar-refractivity contribution in [3.63, 3.8) is 0 Å². The zero-order valence-electron chi connectivity index (χ0n) is 8.48. The molecule has 0 aliphatic carbocycles. The van der Waals surface area contributed by atoms with E-state index in [0.29, 0.717) is 5.92 Å². The van der Waals surface area contributed by atoms with Crippen LogP contribution in [0, 0.1) is 0 Å². The van der Waals surface area contributed by atoms with Crippen LogP contribution in [0.1, 0.15) is 37.3 Å². The third-order valence-electron chi connectivity index (χ3n) is 3.64. The molecule has 0 spiro atoms. The highest BCUT2D eigenvalue weighted by Gasteiger charge is 2.35. The molecule has 2 fully saturated rings. The molecule has 2 atom stereocenters.